The smallest absolute Gasteiger partial charge is 0.123 e. The highest BCUT2D eigenvalue weighted by Crippen LogP contribution is 2.41. The van der Waals surface area contributed by atoms with Crippen molar-refractivity contribution < 1.29 is 9.50 Å². The van der Waals surface area contributed by atoms with Crippen LogP contribution in [-0.4, -0.2) is 28.5 Å². The largest absolute Gasteiger partial charge is 0.394 e. The van der Waals surface area contributed by atoms with E-state index in [4.69, 9.17) is 4.99 Å². The van der Waals surface area contributed by atoms with Crippen molar-refractivity contribution in [3.63, 3.8) is 0 Å². The average molecular weight is 375 g/mol. The van der Waals surface area contributed by atoms with Crippen LogP contribution in [0, 0.1) is 5.82 Å². The van der Waals surface area contributed by atoms with Gasteiger partial charge in [0.1, 0.15) is 11.7 Å². The fraction of sp³-hybridized carbons (Fsp3) is 0.278. The highest BCUT2D eigenvalue weighted by Gasteiger charge is 2.40. The van der Waals surface area contributed by atoms with Crippen molar-refractivity contribution in [3.8, 4) is 0 Å². The number of aliphatic hydroxyl groups excluding tert-OH is 1. The van der Waals surface area contributed by atoms with Gasteiger partial charge < -0.3 is 10.0 Å². The Bertz CT molecular complexity index is 792. The van der Waals surface area contributed by atoms with Gasteiger partial charge in [-0.25, -0.2) is 9.38 Å². The molecule has 2 aliphatic heterocycles. The molecule has 1 fully saturated rings. The van der Waals surface area contributed by atoms with E-state index >= 15 is 0 Å². The topological polar surface area (TPSA) is 35.8 Å². The molecule has 1 N–H and O–H groups in total. The zero-order valence-electron chi connectivity index (χ0n) is 12.4. The van der Waals surface area contributed by atoms with Crippen molar-refractivity contribution in [1.82, 2.24) is 4.90 Å². The Balaban J connectivity index is 1.79. The molecule has 0 bridgehead atoms. The molecule has 2 heterocycles. The summed E-state index contributed by atoms with van der Waals surface area (Å²) in [6, 6.07) is 12.8. The van der Waals surface area contributed by atoms with Gasteiger partial charge in [0.05, 0.1) is 18.3 Å². The Kier molecular flexibility index (Phi) is 3.70. The number of aliphatic hydroxyl groups is 1. The first kappa shape index (κ1) is 14.8. The minimum Gasteiger partial charge on any atom is -0.394 e. The Morgan fingerprint density at radius 1 is 1.26 bits per heavy atom. The van der Waals surface area contributed by atoms with Crippen LogP contribution in [0.3, 0.4) is 0 Å². The second-order valence-corrected chi connectivity index (χ2v) is 6.97. The van der Waals surface area contributed by atoms with Gasteiger partial charge in [-0.2, -0.15) is 0 Å². The third-order valence-electron chi connectivity index (χ3n) is 4.63. The number of rotatable bonds is 2. The Morgan fingerprint density at radius 2 is 2.13 bits per heavy atom. The molecule has 3 nitrogen and oxygen atoms in total. The molecule has 2 aromatic rings. The molecule has 23 heavy (non-hydrogen) atoms. The van der Waals surface area contributed by atoms with Crippen LogP contribution in [0.1, 0.15) is 23.5 Å². The minimum absolute atomic E-state index is 0.0224. The monoisotopic (exact) mass is 374 g/mol. The highest BCUT2D eigenvalue weighted by molar-refractivity contribution is 9.10. The second-order valence-electron chi connectivity index (χ2n) is 6.05. The first-order chi connectivity index (χ1) is 11.2. The van der Waals surface area contributed by atoms with E-state index in [0.29, 0.717) is 0 Å². The maximum absolute atomic E-state index is 13.6. The first-order valence-corrected chi connectivity index (χ1v) is 8.45. The van der Waals surface area contributed by atoms with Crippen LogP contribution in [0.25, 0.3) is 0 Å². The predicted octanol–water partition coefficient (Wildman–Crippen LogP) is 3.98. The van der Waals surface area contributed by atoms with E-state index in [2.05, 4.69) is 26.9 Å². The van der Waals surface area contributed by atoms with E-state index in [1.54, 1.807) is 12.1 Å². The third kappa shape index (κ3) is 2.58. The van der Waals surface area contributed by atoms with Crippen molar-refractivity contribution in [1.29, 1.82) is 0 Å². The Morgan fingerprint density at radius 3 is 2.91 bits per heavy atom. The van der Waals surface area contributed by atoms with Gasteiger partial charge in [-0.1, -0.05) is 28.1 Å². The van der Waals surface area contributed by atoms with Gasteiger partial charge in [-0.15, -0.1) is 0 Å². The summed E-state index contributed by atoms with van der Waals surface area (Å²) in [5.41, 5.74) is 3.02. The van der Waals surface area contributed by atoms with E-state index in [0.717, 1.165) is 40.1 Å². The summed E-state index contributed by atoms with van der Waals surface area (Å²) in [7, 11) is 0. The zero-order valence-corrected chi connectivity index (χ0v) is 14.0. The normalized spacial score (nSPS) is 22.6. The molecular weight excluding hydrogens is 359 g/mol. The maximum atomic E-state index is 13.6. The van der Waals surface area contributed by atoms with E-state index in [9.17, 15) is 9.50 Å². The molecule has 2 aliphatic rings. The first-order valence-electron chi connectivity index (χ1n) is 7.65. The van der Waals surface area contributed by atoms with Crippen LogP contribution in [0.4, 0.5) is 10.1 Å². The molecule has 0 aliphatic carbocycles. The van der Waals surface area contributed by atoms with Crippen LogP contribution in [0.5, 0.6) is 0 Å². The van der Waals surface area contributed by atoms with E-state index in [-0.39, 0.29) is 24.4 Å². The molecule has 118 valence electrons. The summed E-state index contributed by atoms with van der Waals surface area (Å²) in [5.74, 6) is 0.728. The molecule has 0 aromatic heterocycles. The van der Waals surface area contributed by atoms with Crippen LogP contribution < -0.4 is 0 Å². The number of benzene rings is 2. The third-order valence-corrected chi connectivity index (χ3v) is 5.13. The molecule has 2 atom stereocenters. The quantitative estimate of drug-likeness (QED) is 0.862. The van der Waals surface area contributed by atoms with Gasteiger partial charge in [0.15, 0.2) is 0 Å². The van der Waals surface area contributed by atoms with Crippen LogP contribution >= 0.6 is 15.9 Å². The van der Waals surface area contributed by atoms with Gasteiger partial charge >= 0.3 is 0 Å². The SMILES string of the molecule is OC[C@H]1CC(c2cccc(F)c2)C2=Nc3ccc(Br)cc3CN21. The fourth-order valence-electron chi connectivity index (χ4n) is 3.52. The molecule has 4 rings (SSSR count). The van der Waals surface area contributed by atoms with E-state index in [1.165, 1.54) is 6.07 Å². The summed E-state index contributed by atoms with van der Waals surface area (Å²) in [6.07, 6.45) is 0.758. The van der Waals surface area contributed by atoms with Crippen molar-refractivity contribution in [2.45, 2.75) is 24.9 Å². The van der Waals surface area contributed by atoms with E-state index in [1.807, 2.05) is 18.2 Å². The summed E-state index contributed by atoms with van der Waals surface area (Å²) in [4.78, 5) is 6.98. The van der Waals surface area contributed by atoms with Gasteiger partial charge in [-0.05, 0) is 47.9 Å². The Labute approximate surface area is 142 Å². The molecular formula is C18H16BrFN2O. The lowest BCUT2D eigenvalue weighted by Crippen LogP contribution is -2.37. The van der Waals surface area contributed by atoms with Crippen LogP contribution in [0.15, 0.2) is 51.9 Å². The number of nitrogens with zero attached hydrogens (tertiary/aromatic N) is 2. The molecule has 0 radical (unpaired) electrons. The van der Waals surface area contributed by atoms with Crippen molar-refractivity contribution in [2.24, 2.45) is 4.99 Å². The number of amidine groups is 1. The average Bonchev–Trinajstić information content (AvgIpc) is 2.90. The summed E-state index contributed by atoms with van der Waals surface area (Å²) < 4.78 is 14.6. The summed E-state index contributed by atoms with van der Waals surface area (Å²) >= 11 is 3.49. The lowest BCUT2D eigenvalue weighted by molar-refractivity contribution is 0.186. The Hall–Kier alpha value is -1.72. The van der Waals surface area contributed by atoms with Crippen LogP contribution in [-0.2, 0) is 6.54 Å². The van der Waals surface area contributed by atoms with Gasteiger partial charge in [0, 0.05) is 16.9 Å². The maximum Gasteiger partial charge on any atom is 0.123 e. The standard InChI is InChI=1S/C18H16BrFN2O/c19-13-4-5-17-12(6-13)9-22-15(10-23)8-16(18(22)21-17)11-2-1-3-14(20)7-11/h1-7,15-16,23H,8-10H2/t15-,16?/m1/s1. The molecule has 0 spiro atoms. The molecule has 0 saturated carbocycles. The molecule has 5 heteroatoms. The number of aliphatic imine (C=N–C) groups is 1. The van der Waals surface area contributed by atoms with Gasteiger partial charge in [0.2, 0.25) is 0 Å². The van der Waals surface area contributed by atoms with Crippen molar-refractivity contribution >= 4 is 27.5 Å². The summed E-state index contributed by atoms with van der Waals surface area (Å²) in [6.45, 7) is 0.804. The lowest BCUT2D eigenvalue weighted by Gasteiger charge is -2.30. The van der Waals surface area contributed by atoms with Crippen LogP contribution in [0.2, 0.25) is 0 Å². The fourth-order valence-corrected chi connectivity index (χ4v) is 3.93. The van der Waals surface area contributed by atoms with Gasteiger partial charge in [-0.3, -0.25) is 0 Å². The molecule has 0 amide bonds. The predicted molar refractivity (Wildman–Crippen MR) is 91.4 cm³/mol. The van der Waals surface area contributed by atoms with E-state index < -0.39 is 0 Å². The second kappa shape index (κ2) is 5.73. The van der Waals surface area contributed by atoms with Crippen molar-refractivity contribution in [2.75, 3.05) is 6.61 Å². The number of fused-ring (bicyclic) bond motifs is 2. The molecule has 1 saturated heterocycles. The summed E-state index contributed by atoms with van der Waals surface area (Å²) in [5, 5.41) is 9.75. The number of halogens is 2. The number of hydrogen-bond acceptors (Lipinski definition) is 3. The number of hydrogen-bond donors (Lipinski definition) is 1. The molecule has 1 unspecified atom stereocenters. The highest BCUT2D eigenvalue weighted by atomic mass is 79.9. The zero-order chi connectivity index (χ0) is 16.0. The molecule has 2 aromatic carbocycles. The van der Waals surface area contributed by atoms with Gasteiger partial charge in [0.25, 0.3) is 0 Å². The minimum atomic E-state index is -0.234. The van der Waals surface area contributed by atoms with Crippen molar-refractivity contribution in [3.05, 3.63) is 63.9 Å². The lowest BCUT2D eigenvalue weighted by atomic mass is 9.95.